The van der Waals surface area contributed by atoms with Crippen LogP contribution in [-0.4, -0.2) is 26.2 Å². The van der Waals surface area contributed by atoms with E-state index in [1.54, 1.807) is 42.5 Å². The fraction of sp³-hybridized carbons (Fsp3) is 0.235. The van der Waals surface area contributed by atoms with Gasteiger partial charge in [-0.3, -0.25) is 4.79 Å². The van der Waals surface area contributed by atoms with E-state index in [0.717, 1.165) is 5.75 Å². The van der Waals surface area contributed by atoms with Crippen molar-refractivity contribution in [2.45, 2.75) is 6.92 Å². The molecule has 23 heavy (non-hydrogen) atoms. The smallest absolute Gasteiger partial charge is 0.262 e. The first-order valence-electron chi connectivity index (χ1n) is 7.21. The zero-order chi connectivity index (χ0) is 16.7. The van der Waals surface area contributed by atoms with Crippen molar-refractivity contribution in [1.29, 1.82) is 0 Å². The molecule has 3 N–H and O–H groups in total. The van der Waals surface area contributed by atoms with E-state index in [1.165, 1.54) is 7.11 Å². The molecule has 0 saturated carbocycles. The van der Waals surface area contributed by atoms with Gasteiger partial charge in [0.1, 0.15) is 17.2 Å². The number of benzene rings is 2. The number of nitrogens with two attached hydrogens (primary N) is 1. The van der Waals surface area contributed by atoms with Gasteiger partial charge >= 0.3 is 0 Å². The van der Waals surface area contributed by atoms with Crippen molar-refractivity contribution in [1.82, 2.24) is 0 Å². The number of methoxy groups -OCH3 is 1. The summed E-state index contributed by atoms with van der Waals surface area (Å²) in [5.41, 5.74) is 6.78. The summed E-state index contributed by atoms with van der Waals surface area (Å²) in [6, 6.07) is 12.1. The molecule has 0 aliphatic rings. The number of hydrogen-bond donors (Lipinski definition) is 2. The summed E-state index contributed by atoms with van der Waals surface area (Å²) in [6.45, 7) is 2.41. The first-order chi connectivity index (χ1) is 11.1. The molecule has 2 aromatic rings. The molecule has 0 atom stereocenters. The van der Waals surface area contributed by atoms with Gasteiger partial charge in [-0.2, -0.15) is 0 Å². The van der Waals surface area contributed by atoms with Crippen molar-refractivity contribution < 1.29 is 19.0 Å². The fourth-order valence-electron chi connectivity index (χ4n) is 1.95. The third-order valence-electron chi connectivity index (χ3n) is 3.00. The van der Waals surface area contributed by atoms with E-state index in [9.17, 15) is 4.79 Å². The Morgan fingerprint density at radius 3 is 2.35 bits per heavy atom. The van der Waals surface area contributed by atoms with Crippen LogP contribution in [0.25, 0.3) is 0 Å². The average molecular weight is 316 g/mol. The lowest BCUT2D eigenvalue weighted by Gasteiger charge is -2.11. The Hall–Kier alpha value is -2.89. The number of rotatable bonds is 7. The summed E-state index contributed by atoms with van der Waals surface area (Å²) in [4.78, 5) is 12.0. The predicted octanol–water partition coefficient (Wildman–Crippen LogP) is 2.69. The quantitative estimate of drug-likeness (QED) is 0.767. The van der Waals surface area contributed by atoms with Gasteiger partial charge in [0.15, 0.2) is 6.61 Å². The summed E-state index contributed by atoms with van der Waals surface area (Å²) in [6.07, 6.45) is 0. The van der Waals surface area contributed by atoms with Gasteiger partial charge in [0.05, 0.1) is 19.4 Å². The number of hydrogen-bond acceptors (Lipinski definition) is 5. The van der Waals surface area contributed by atoms with E-state index in [1.807, 2.05) is 6.92 Å². The van der Waals surface area contributed by atoms with Gasteiger partial charge in [-0.1, -0.05) is 0 Å². The largest absolute Gasteiger partial charge is 0.494 e. The molecule has 2 aromatic carbocycles. The molecule has 0 aliphatic heterocycles. The summed E-state index contributed by atoms with van der Waals surface area (Å²) in [5.74, 6) is 1.56. The van der Waals surface area contributed by atoms with Crippen molar-refractivity contribution in [2.24, 2.45) is 0 Å². The van der Waals surface area contributed by atoms with Crippen molar-refractivity contribution in [3.05, 3.63) is 42.5 Å². The van der Waals surface area contributed by atoms with Crippen LogP contribution in [0, 0.1) is 0 Å². The van der Waals surface area contributed by atoms with Crippen LogP contribution in [0.2, 0.25) is 0 Å². The summed E-state index contributed by atoms with van der Waals surface area (Å²) in [7, 11) is 1.51. The van der Waals surface area contributed by atoms with E-state index in [-0.39, 0.29) is 12.5 Å². The Kier molecular flexibility index (Phi) is 5.68. The van der Waals surface area contributed by atoms with Crippen LogP contribution in [0.1, 0.15) is 6.92 Å². The molecule has 0 radical (unpaired) electrons. The number of amides is 1. The van der Waals surface area contributed by atoms with Crippen molar-refractivity contribution in [3.8, 4) is 17.2 Å². The van der Waals surface area contributed by atoms with Crippen molar-refractivity contribution >= 4 is 17.3 Å². The highest BCUT2D eigenvalue weighted by molar-refractivity contribution is 5.93. The first kappa shape index (κ1) is 16.5. The van der Waals surface area contributed by atoms with Crippen molar-refractivity contribution in [2.75, 3.05) is 31.4 Å². The van der Waals surface area contributed by atoms with Gasteiger partial charge in [-0.15, -0.1) is 0 Å². The Labute approximate surface area is 135 Å². The van der Waals surface area contributed by atoms with E-state index < -0.39 is 0 Å². The van der Waals surface area contributed by atoms with Gasteiger partial charge in [0.2, 0.25) is 0 Å². The van der Waals surface area contributed by atoms with Crippen LogP contribution >= 0.6 is 0 Å². The van der Waals surface area contributed by atoms with Gasteiger partial charge in [-0.05, 0) is 43.3 Å². The molecule has 0 fully saturated rings. The normalized spacial score (nSPS) is 10.0. The van der Waals surface area contributed by atoms with Crippen LogP contribution in [0.5, 0.6) is 17.2 Å². The molecule has 0 spiro atoms. The molecule has 0 aliphatic carbocycles. The number of carbonyl (C=O) groups is 1. The van der Waals surface area contributed by atoms with Gasteiger partial charge in [0.25, 0.3) is 5.91 Å². The first-order valence-corrected chi connectivity index (χ1v) is 7.21. The van der Waals surface area contributed by atoms with Crippen LogP contribution in [0.4, 0.5) is 11.4 Å². The molecular weight excluding hydrogens is 296 g/mol. The van der Waals surface area contributed by atoms with E-state index in [0.29, 0.717) is 29.5 Å². The Morgan fingerprint density at radius 2 is 1.74 bits per heavy atom. The molecule has 1 amide bonds. The third kappa shape index (κ3) is 4.81. The average Bonchev–Trinajstić information content (AvgIpc) is 2.56. The molecule has 6 heteroatoms. The van der Waals surface area contributed by atoms with Gasteiger partial charge < -0.3 is 25.3 Å². The predicted molar refractivity (Wildman–Crippen MR) is 89.1 cm³/mol. The maximum absolute atomic E-state index is 12.0. The fourth-order valence-corrected chi connectivity index (χ4v) is 1.95. The van der Waals surface area contributed by atoms with Gasteiger partial charge in [0, 0.05) is 11.8 Å². The SMILES string of the molecule is CCOc1ccc(OCC(=O)Nc2ccc(N)cc2OC)cc1. The molecule has 0 heterocycles. The maximum Gasteiger partial charge on any atom is 0.262 e. The number of nitrogen functional groups attached to an aromatic ring is 1. The minimum Gasteiger partial charge on any atom is -0.494 e. The summed E-state index contributed by atoms with van der Waals surface area (Å²) < 4.78 is 16.0. The second-order valence-corrected chi connectivity index (χ2v) is 4.70. The number of nitrogens with one attached hydrogen (secondary N) is 1. The van der Waals surface area contributed by atoms with E-state index in [4.69, 9.17) is 19.9 Å². The summed E-state index contributed by atoms with van der Waals surface area (Å²) in [5, 5.41) is 2.72. The lowest BCUT2D eigenvalue weighted by molar-refractivity contribution is -0.118. The molecule has 0 unspecified atom stereocenters. The molecule has 0 bridgehead atoms. The van der Waals surface area contributed by atoms with Gasteiger partial charge in [-0.25, -0.2) is 0 Å². The monoisotopic (exact) mass is 316 g/mol. The van der Waals surface area contributed by atoms with E-state index in [2.05, 4.69) is 5.32 Å². The van der Waals surface area contributed by atoms with Crippen LogP contribution in [-0.2, 0) is 4.79 Å². The molecule has 2 rings (SSSR count). The molecule has 122 valence electrons. The van der Waals surface area contributed by atoms with Crippen molar-refractivity contribution in [3.63, 3.8) is 0 Å². The molecule has 0 saturated heterocycles. The Balaban J connectivity index is 1.90. The van der Waals surface area contributed by atoms with Crippen LogP contribution < -0.4 is 25.3 Å². The number of carbonyl (C=O) groups excluding carboxylic acids is 1. The highest BCUT2D eigenvalue weighted by Crippen LogP contribution is 2.26. The minimum atomic E-state index is -0.290. The van der Waals surface area contributed by atoms with E-state index >= 15 is 0 Å². The second-order valence-electron chi connectivity index (χ2n) is 4.70. The zero-order valence-corrected chi connectivity index (χ0v) is 13.2. The number of ether oxygens (including phenoxy) is 3. The minimum absolute atomic E-state index is 0.110. The lowest BCUT2D eigenvalue weighted by atomic mass is 10.2. The van der Waals surface area contributed by atoms with Crippen LogP contribution in [0.3, 0.4) is 0 Å². The topological polar surface area (TPSA) is 82.8 Å². The zero-order valence-electron chi connectivity index (χ0n) is 13.2. The standard InChI is InChI=1S/C17H20N2O4/c1-3-22-13-5-7-14(8-6-13)23-11-17(20)19-15-9-4-12(18)10-16(15)21-2/h4-10H,3,11,18H2,1-2H3,(H,19,20). The third-order valence-corrected chi connectivity index (χ3v) is 3.00. The highest BCUT2D eigenvalue weighted by Gasteiger charge is 2.08. The second kappa shape index (κ2) is 7.93. The van der Waals surface area contributed by atoms with Crippen LogP contribution in [0.15, 0.2) is 42.5 Å². The highest BCUT2D eigenvalue weighted by atomic mass is 16.5. The summed E-state index contributed by atoms with van der Waals surface area (Å²) >= 11 is 0. The molecule has 0 aromatic heterocycles. The Morgan fingerprint density at radius 1 is 1.09 bits per heavy atom. The number of anilines is 2. The molecule has 6 nitrogen and oxygen atoms in total. The maximum atomic E-state index is 12.0. The lowest BCUT2D eigenvalue weighted by Crippen LogP contribution is -2.20. The Bertz CT molecular complexity index is 656. The molecular formula is C17H20N2O4.